The summed E-state index contributed by atoms with van der Waals surface area (Å²) >= 11 is 5.98. The molecular formula is C14H17ClN2O. The van der Waals surface area contributed by atoms with Crippen LogP contribution in [0, 0.1) is 18.8 Å². The van der Waals surface area contributed by atoms with E-state index < -0.39 is 0 Å². The maximum Gasteiger partial charge on any atom is 0.254 e. The van der Waals surface area contributed by atoms with E-state index in [1.165, 1.54) is 0 Å². The van der Waals surface area contributed by atoms with Gasteiger partial charge in [-0.05, 0) is 36.5 Å². The Balaban J connectivity index is 1.81. The van der Waals surface area contributed by atoms with Crippen molar-refractivity contribution in [1.82, 2.24) is 10.2 Å². The summed E-state index contributed by atoms with van der Waals surface area (Å²) < 4.78 is 0. The number of rotatable bonds is 1. The standard InChI is InChI=1S/C14H17ClN2O/c1-9-2-3-12(15)4-13(9)14(18)17-7-10-5-16-6-11(10)8-17/h2-4,10-11,16H,5-8H2,1H3. The lowest BCUT2D eigenvalue weighted by Gasteiger charge is -2.18. The number of aryl methyl sites for hydroxylation is 1. The average molecular weight is 265 g/mol. The zero-order valence-corrected chi connectivity index (χ0v) is 11.2. The first-order valence-electron chi connectivity index (χ1n) is 6.41. The summed E-state index contributed by atoms with van der Waals surface area (Å²) in [5.41, 5.74) is 1.75. The quantitative estimate of drug-likeness (QED) is 0.841. The van der Waals surface area contributed by atoms with E-state index >= 15 is 0 Å². The first kappa shape index (κ1) is 12.0. The molecule has 0 aromatic heterocycles. The third-order valence-corrected chi connectivity index (χ3v) is 4.34. The van der Waals surface area contributed by atoms with Crippen LogP contribution in [-0.4, -0.2) is 37.0 Å². The van der Waals surface area contributed by atoms with Crippen molar-refractivity contribution in [3.05, 3.63) is 34.3 Å². The Morgan fingerprint density at radius 2 is 2.00 bits per heavy atom. The van der Waals surface area contributed by atoms with Gasteiger partial charge in [-0.2, -0.15) is 0 Å². The molecule has 0 saturated carbocycles. The Labute approximate surface area is 112 Å². The highest BCUT2D eigenvalue weighted by Gasteiger charge is 2.38. The number of benzene rings is 1. The molecule has 2 heterocycles. The molecule has 2 saturated heterocycles. The maximum absolute atomic E-state index is 12.5. The molecule has 4 heteroatoms. The predicted octanol–water partition coefficient (Wildman–Crippen LogP) is 1.94. The number of nitrogens with one attached hydrogen (secondary N) is 1. The van der Waals surface area contributed by atoms with Crippen LogP contribution in [-0.2, 0) is 0 Å². The zero-order valence-electron chi connectivity index (χ0n) is 10.4. The smallest absolute Gasteiger partial charge is 0.254 e. The van der Waals surface area contributed by atoms with E-state index in [1.54, 1.807) is 6.07 Å². The molecule has 1 amide bonds. The Morgan fingerprint density at radius 1 is 1.33 bits per heavy atom. The van der Waals surface area contributed by atoms with Gasteiger partial charge in [0.25, 0.3) is 5.91 Å². The summed E-state index contributed by atoms with van der Waals surface area (Å²) in [4.78, 5) is 14.5. The Bertz CT molecular complexity index is 477. The van der Waals surface area contributed by atoms with Crippen molar-refractivity contribution in [1.29, 1.82) is 0 Å². The fourth-order valence-electron chi connectivity index (χ4n) is 3.02. The Kier molecular flexibility index (Phi) is 3.04. The molecule has 2 aliphatic heterocycles. The molecule has 2 fully saturated rings. The second-order valence-electron chi connectivity index (χ2n) is 5.35. The molecule has 2 aliphatic rings. The number of hydrogen-bond donors (Lipinski definition) is 1. The average Bonchev–Trinajstić information content (AvgIpc) is 2.91. The van der Waals surface area contributed by atoms with Gasteiger partial charge in [0.15, 0.2) is 0 Å². The molecule has 1 N–H and O–H groups in total. The van der Waals surface area contributed by atoms with Gasteiger partial charge in [0, 0.05) is 36.8 Å². The van der Waals surface area contributed by atoms with Gasteiger partial charge in [-0.25, -0.2) is 0 Å². The number of fused-ring (bicyclic) bond motifs is 1. The number of likely N-dealkylation sites (tertiary alicyclic amines) is 1. The molecule has 0 radical (unpaired) electrons. The second-order valence-corrected chi connectivity index (χ2v) is 5.78. The number of nitrogens with zero attached hydrogens (tertiary/aromatic N) is 1. The van der Waals surface area contributed by atoms with Crippen molar-refractivity contribution >= 4 is 17.5 Å². The summed E-state index contributed by atoms with van der Waals surface area (Å²) in [6.07, 6.45) is 0. The highest BCUT2D eigenvalue weighted by Crippen LogP contribution is 2.28. The van der Waals surface area contributed by atoms with E-state index in [1.807, 2.05) is 24.0 Å². The molecule has 0 aliphatic carbocycles. The third kappa shape index (κ3) is 2.02. The zero-order chi connectivity index (χ0) is 12.7. The molecule has 2 atom stereocenters. The number of carbonyl (C=O) groups is 1. The summed E-state index contributed by atoms with van der Waals surface area (Å²) in [6, 6.07) is 5.52. The van der Waals surface area contributed by atoms with Gasteiger partial charge in [-0.15, -0.1) is 0 Å². The van der Waals surface area contributed by atoms with E-state index in [2.05, 4.69) is 5.32 Å². The highest BCUT2D eigenvalue weighted by atomic mass is 35.5. The lowest BCUT2D eigenvalue weighted by Crippen LogP contribution is -2.32. The van der Waals surface area contributed by atoms with Crippen LogP contribution >= 0.6 is 11.6 Å². The molecular weight excluding hydrogens is 248 g/mol. The molecule has 3 nitrogen and oxygen atoms in total. The largest absolute Gasteiger partial charge is 0.338 e. The number of carbonyl (C=O) groups excluding carboxylic acids is 1. The molecule has 2 unspecified atom stereocenters. The minimum atomic E-state index is 0.129. The molecule has 0 bridgehead atoms. The van der Waals surface area contributed by atoms with Crippen molar-refractivity contribution in [2.24, 2.45) is 11.8 Å². The van der Waals surface area contributed by atoms with Crippen LogP contribution < -0.4 is 5.32 Å². The molecule has 96 valence electrons. The molecule has 3 rings (SSSR count). The number of amides is 1. The lowest BCUT2D eigenvalue weighted by atomic mass is 10.0. The van der Waals surface area contributed by atoms with Crippen LogP contribution in [0.1, 0.15) is 15.9 Å². The molecule has 18 heavy (non-hydrogen) atoms. The monoisotopic (exact) mass is 264 g/mol. The first-order chi connectivity index (χ1) is 8.65. The van der Waals surface area contributed by atoms with E-state index in [-0.39, 0.29) is 5.91 Å². The first-order valence-corrected chi connectivity index (χ1v) is 6.79. The molecule has 1 aromatic rings. The Hall–Kier alpha value is -1.06. The highest BCUT2D eigenvalue weighted by molar-refractivity contribution is 6.31. The summed E-state index contributed by atoms with van der Waals surface area (Å²) in [5, 5.41) is 4.01. The normalized spacial score (nSPS) is 26.4. The molecule has 1 aromatic carbocycles. The van der Waals surface area contributed by atoms with Crippen molar-refractivity contribution in [2.75, 3.05) is 26.2 Å². The van der Waals surface area contributed by atoms with Crippen LogP contribution in [0.3, 0.4) is 0 Å². The van der Waals surface area contributed by atoms with Crippen molar-refractivity contribution in [2.45, 2.75) is 6.92 Å². The fraction of sp³-hybridized carbons (Fsp3) is 0.500. The van der Waals surface area contributed by atoms with Gasteiger partial charge >= 0.3 is 0 Å². The van der Waals surface area contributed by atoms with E-state index in [4.69, 9.17) is 11.6 Å². The van der Waals surface area contributed by atoms with Crippen LogP contribution in [0.2, 0.25) is 5.02 Å². The number of hydrogen-bond acceptors (Lipinski definition) is 2. The van der Waals surface area contributed by atoms with E-state index in [0.29, 0.717) is 16.9 Å². The molecule has 0 spiro atoms. The lowest BCUT2D eigenvalue weighted by molar-refractivity contribution is 0.0781. The summed E-state index contributed by atoms with van der Waals surface area (Å²) in [7, 11) is 0. The predicted molar refractivity (Wildman–Crippen MR) is 71.9 cm³/mol. The van der Waals surface area contributed by atoms with Gasteiger partial charge in [0.05, 0.1) is 0 Å². The fourth-order valence-corrected chi connectivity index (χ4v) is 3.19. The maximum atomic E-state index is 12.5. The summed E-state index contributed by atoms with van der Waals surface area (Å²) in [5.74, 6) is 1.39. The van der Waals surface area contributed by atoms with Crippen LogP contribution in [0.4, 0.5) is 0 Å². The van der Waals surface area contributed by atoms with Crippen LogP contribution in [0.5, 0.6) is 0 Å². The van der Waals surface area contributed by atoms with Gasteiger partial charge in [0.1, 0.15) is 0 Å². The van der Waals surface area contributed by atoms with E-state index in [0.717, 1.165) is 37.3 Å². The van der Waals surface area contributed by atoms with Crippen molar-refractivity contribution in [3.8, 4) is 0 Å². The van der Waals surface area contributed by atoms with Gasteiger partial charge in [-0.3, -0.25) is 4.79 Å². The topological polar surface area (TPSA) is 32.3 Å². The van der Waals surface area contributed by atoms with Crippen molar-refractivity contribution < 1.29 is 4.79 Å². The van der Waals surface area contributed by atoms with Crippen LogP contribution in [0.15, 0.2) is 18.2 Å². The van der Waals surface area contributed by atoms with Crippen molar-refractivity contribution in [3.63, 3.8) is 0 Å². The summed E-state index contributed by atoms with van der Waals surface area (Å²) in [6.45, 7) is 5.80. The third-order valence-electron chi connectivity index (χ3n) is 4.11. The minimum absolute atomic E-state index is 0.129. The number of halogens is 1. The SMILES string of the molecule is Cc1ccc(Cl)cc1C(=O)N1CC2CNCC2C1. The van der Waals surface area contributed by atoms with E-state index in [9.17, 15) is 4.79 Å². The van der Waals surface area contributed by atoms with Crippen LogP contribution in [0.25, 0.3) is 0 Å². The second kappa shape index (κ2) is 4.56. The minimum Gasteiger partial charge on any atom is -0.338 e. The Morgan fingerprint density at radius 3 is 2.67 bits per heavy atom. The van der Waals surface area contributed by atoms with Gasteiger partial charge in [0.2, 0.25) is 0 Å². The van der Waals surface area contributed by atoms with Gasteiger partial charge in [-0.1, -0.05) is 17.7 Å². The van der Waals surface area contributed by atoms with Gasteiger partial charge < -0.3 is 10.2 Å².